The molecule has 19 heteroatoms. The number of ether oxygens (including phenoxy) is 4. The Labute approximate surface area is 573 Å². The number of hydrogen-bond donors (Lipinski definition) is 3. The van der Waals surface area contributed by atoms with Crippen molar-refractivity contribution in [1.82, 2.24) is 0 Å². The molecule has 0 aliphatic heterocycles. The monoisotopic (exact) mass is 1380 g/mol. The van der Waals surface area contributed by atoms with Gasteiger partial charge in [-0.2, -0.15) is 0 Å². The van der Waals surface area contributed by atoms with Crippen LogP contribution in [0.5, 0.6) is 0 Å². The molecule has 0 aromatic rings. The molecule has 5 atom stereocenters. The second kappa shape index (κ2) is 65.2. The maximum Gasteiger partial charge on any atom is 0.472 e. The lowest BCUT2D eigenvalue weighted by Gasteiger charge is -2.21. The number of esters is 4. The van der Waals surface area contributed by atoms with E-state index in [1.807, 2.05) is 0 Å². The number of aliphatic hydroxyl groups is 1. The lowest BCUT2D eigenvalue weighted by molar-refractivity contribution is -0.161. The molecule has 94 heavy (non-hydrogen) atoms. The highest BCUT2D eigenvalue weighted by molar-refractivity contribution is 7.47. The van der Waals surface area contributed by atoms with E-state index in [1.165, 1.54) is 141 Å². The molecule has 0 fully saturated rings. The number of rotatable bonds is 71. The standard InChI is InChI=1S/C75H142O17P2/c1-8-9-10-11-12-13-14-15-18-22-25-28-35-42-49-56-72(77)85-62-71(92-75(80)59-52-45-38-31-34-41-48-55-68(6)7)65-90-94(83,84)88-61-69(76)60-87-93(81,82)89-64-70(63-86-73(78)57-50-43-37-30-33-40-47-54-67(4)5)91-74(79)58-51-44-36-29-26-23-20-17-16-19-21-24-27-32-39-46-53-66(2)3/h13-15,18,66-71,76H,8-12,16-17,19-65H2,1-7H3,(H,81,82)(H,83,84)/b14-13-,18-15-/t69?,70-,71-/m1/s1. The van der Waals surface area contributed by atoms with Crippen LogP contribution < -0.4 is 0 Å². The van der Waals surface area contributed by atoms with E-state index in [9.17, 15) is 43.2 Å². The van der Waals surface area contributed by atoms with Crippen molar-refractivity contribution in [2.24, 2.45) is 17.8 Å². The largest absolute Gasteiger partial charge is 0.472 e. The average molecular weight is 1380 g/mol. The molecule has 17 nitrogen and oxygen atoms in total. The van der Waals surface area contributed by atoms with Crippen LogP contribution in [0.15, 0.2) is 24.3 Å². The van der Waals surface area contributed by atoms with Crippen molar-refractivity contribution in [3.8, 4) is 0 Å². The number of carbonyl (C=O) groups is 4. The lowest BCUT2D eigenvalue weighted by Crippen LogP contribution is -2.30. The van der Waals surface area contributed by atoms with E-state index >= 15 is 0 Å². The molecular formula is C75H142O17P2. The van der Waals surface area contributed by atoms with Crippen molar-refractivity contribution in [2.75, 3.05) is 39.6 Å². The van der Waals surface area contributed by atoms with E-state index in [1.54, 1.807) is 0 Å². The van der Waals surface area contributed by atoms with Gasteiger partial charge in [0, 0.05) is 25.7 Å². The third kappa shape index (κ3) is 68.1. The normalized spacial score (nSPS) is 14.3. The van der Waals surface area contributed by atoms with E-state index in [0.717, 1.165) is 121 Å². The molecule has 0 radical (unpaired) electrons. The third-order valence-corrected chi connectivity index (χ3v) is 18.7. The van der Waals surface area contributed by atoms with Crippen LogP contribution in [0, 0.1) is 17.8 Å². The van der Waals surface area contributed by atoms with Gasteiger partial charge in [-0.15, -0.1) is 0 Å². The van der Waals surface area contributed by atoms with Gasteiger partial charge in [-0.3, -0.25) is 37.3 Å². The fraction of sp³-hybridized carbons (Fsp3) is 0.893. The van der Waals surface area contributed by atoms with Crippen LogP contribution in [-0.4, -0.2) is 96.7 Å². The SMILES string of the molecule is CCCCCC/C=C\C=C/CCCCCCCC(=O)OC[C@H](COP(=O)(O)OCC(O)COP(=O)(O)OC[C@@H](COC(=O)CCCCCCCCCC(C)C)OC(=O)CCCCCCCCCCCCCCCCCCC(C)C)OC(=O)CCCCCCCCCC(C)C. The number of aliphatic hydroxyl groups excluding tert-OH is 1. The van der Waals surface area contributed by atoms with Gasteiger partial charge in [0.25, 0.3) is 0 Å². The summed E-state index contributed by atoms with van der Waals surface area (Å²) in [5, 5.41) is 10.6. The van der Waals surface area contributed by atoms with Gasteiger partial charge in [-0.25, -0.2) is 9.13 Å². The Morgan fingerprint density at radius 1 is 0.330 bits per heavy atom. The summed E-state index contributed by atoms with van der Waals surface area (Å²) in [6, 6.07) is 0. The van der Waals surface area contributed by atoms with Crippen LogP contribution in [0.4, 0.5) is 0 Å². The first-order chi connectivity index (χ1) is 45.2. The number of hydrogen-bond acceptors (Lipinski definition) is 15. The molecule has 0 spiro atoms. The predicted octanol–water partition coefficient (Wildman–Crippen LogP) is 21.3. The molecule has 0 rings (SSSR count). The van der Waals surface area contributed by atoms with Crippen molar-refractivity contribution in [2.45, 2.75) is 375 Å². The zero-order chi connectivity index (χ0) is 69.4. The van der Waals surface area contributed by atoms with E-state index in [-0.39, 0.29) is 25.7 Å². The van der Waals surface area contributed by atoms with Crippen LogP contribution in [-0.2, 0) is 65.4 Å². The first-order valence-electron chi connectivity index (χ1n) is 38.2. The Balaban J connectivity index is 5.22. The fourth-order valence-electron chi connectivity index (χ4n) is 10.9. The summed E-state index contributed by atoms with van der Waals surface area (Å²) in [6.07, 6.45) is 53.8. The maximum absolute atomic E-state index is 13.0. The number of carbonyl (C=O) groups excluding carboxylic acids is 4. The molecule has 0 aromatic heterocycles. The first kappa shape index (κ1) is 91.5. The number of unbranched alkanes of at least 4 members (excludes halogenated alkanes) is 36. The third-order valence-electron chi connectivity index (χ3n) is 16.8. The van der Waals surface area contributed by atoms with E-state index < -0.39 is 97.5 Å². The molecule has 3 N–H and O–H groups in total. The Morgan fingerprint density at radius 2 is 0.574 bits per heavy atom. The van der Waals surface area contributed by atoms with Gasteiger partial charge in [0.15, 0.2) is 12.2 Å². The topological polar surface area (TPSA) is 237 Å². The van der Waals surface area contributed by atoms with Crippen molar-refractivity contribution < 1.29 is 80.2 Å². The zero-order valence-electron chi connectivity index (χ0n) is 60.9. The van der Waals surface area contributed by atoms with Crippen LogP contribution in [0.1, 0.15) is 357 Å². The van der Waals surface area contributed by atoms with E-state index in [4.69, 9.17) is 37.0 Å². The lowest BCUT2D eigenvalue weighted by atomic mass is 10.0. The van der Waals surface area contributed by atoms with Gasteiger partial charge < -0.3 is 33.8 Å². The predicted molar refractivity (Wildman–Crippen MR) is 381 cm³/mol. The highest BCUT2D eigenvalue weighted by Gasteiger charge is 2.30. The summed E-state index contributed by atoms with van der Waals surface area (Å²) in [5.74, 6) is 0.0499. The molecular weight excluding hydrogens is 1230 g/mol. The van der Waals surface area contributed by atoms with Gasteiger partial charge in [-0.05, 0) is 69.1 Å². The molecule has 0 aliphatic rings. The summed E-state index contributed by atoms with van der Waals surface area (Å²) in [7, 11) is -9.92. The number of allylic oxidation sites excluding steroid dienone is 4. The van der Waals surface area contributed by atoms with Gasteiger partial charge in [0.1, 0.15) is 19.3 Å². The Kier molecular flexibility index (Phi) is 63.5. The zero-order valence-corrected chi connectivity index (χ0v) is 62.7. The molecule has 554 valence electrons. The van der Waals surface area contributed by atoms with Crippen molar-refractivity contribution in [3.63, 3.8) is 0 Å². The van der Waals surface area contributed by atoms with E-state index in [2.05, 4.69) is 72.8 Å². The Bertz CT molecular complexity index is 1930. The molecule has 0 saturated heterocycles. The second-order valence-corrected chi connectivity index (χ2v) is 30.7. The molecule has 0 aliphatic carbocycles. The second-order valence-electron chi connectivity index (χ2n) is 27.8. The molecule has 0 heterocycles. The van der Waals surface area contributed by atoms with Gasteiger partial charge in [-0.1, -0.05) is 304 Å². The number of phosphoric acid groups is 2. The van der Waals surface area contributed by atoms with Gasteiger partial charge in [0.05, 0.1) is 26.4 Å². The molecule has 3 unspecified atom stereocenters. The molecule has 0 amide bonds. The van der Waals surface area contributed by atoms with Gasteiger partial charge in [0.2, 0.25) is 0 Å². The van der Waals surface area contributed by atoms with Crippen LogP contribution >= 0.6 is 15.6 Å². The minimum atomic E-state index is -4.96. The van der Waals surface area contributed by atoms with Crippen LogP contribution in [0.25, 0.3) is 0 Å². The summed E-state index contributed by atoms with van der Waals surface area (Å²) in [6.45, 7) is 11.7. The van der Waals surface area contributed by atoms with Crippen LogP contribution in [0.2, 0.25) is 0 Å². The summed E-state index contributed by atoms with van der Waals surface area (Å²) in [4.78, 5) is 72.7. The smallest absolute Gasteiger partial charge is 0.462 e. The molecule has 0 saturated carbocycles. The van der Waals surface area contributed by atoms with Crippen molar-refractivity contribution in [3.05, 3.63) is 24.3 Å². The minimum Gasteiger partial charge on any atom is -0.462 e. The maximum atomic E-state index is 13.0. The van der Waals surface area contributed by atoms with Crippen LogP contribution in [0.3, 0.4) is 0 Å². The highest BCUT2D eigenvalue weighted by Crippen LogP contribution is 2.45. The van der Waals surface area contributed by atoms with Gasteiger partial charge >= 0.3 is 39.5 Å². The number of phosphoric ester groups is 2. The summed E-state index contributed by atoms with van der Waals surface area (Å²) < 4.78 is 68.4. The summed E-state index contributed by atoms with van der Waals surface area (Å²) in [5.41, 5.74) is 0. The first-order valence-corrected chi connectivity index (χ1v) is 41.2. The Morgan fingerprint density at radius 3 is 0.862 bits per heavy atom. The molecule has 0 bridgehead atoms. The average Bonchev–Trinajstić information content (AvgIpc) is 1.21. The van der Waals surface area contributed by atoms with Crippen molar-refractivity contribution >= 4 is 39.5 Å². The molecule has 0 aromatic carbocycles. The minimum absolute atomic E-state index is 0.0963. The quantitative estimate of drug-likeness (QED) is 0.0169. The highest BCUT2D eigenvalue weighted by atomic mass is 31.2. The van der Waals surface area contributed by atoms with Crippen molar-refractivity contribution in [1.29, 1.82) is 0 Å². The van der Waals surface area contributed by atoms with E-state index in [0.29, 0.717) is 37.5 Å². The fourth-order valence-corrected chi connectivity index (χ4v) is 12.5. The Hall–Kier alpha value is -2.46. The summed E-state index contributed by atoms with van der Waals surface area (Å²) >= 11 is 0.